The highest BCUT2D eigenvalue weighted by Gasteiger charge is 2.34. The second kappa shape index (κ2) is 6.32. The third-order valence-electron chi connectivity index (χ3n) is 4.03. The Morgan fingerprint density at radius 2 is 2.14 bits per heavy atom. The normalized spacial score (nSPS) is 24.4. The standard InChI is InChI=1S/C17H21N3O2/c1-12-10-13(2)22-16(12)17(21)19-11-15-18-8-9-20(15)14-6-4-3-5-7-14/h3-9,12-13,16H,10-11H2,1-2H3,(H,19,21). The van der Waals surface area contributed by atoms with E-state index in [1.807, 2.05) is 48.0 Å². The summed E-state index contributed by atoms with van der Waals surface area (Å²) in [5, 5.41) is 2.94. The van der Waals surface area contributed by atoms with Gasteiger partial charge in [0.1, 0.15) is 11.9 Å². The van der Waals surface area contributed by atoms with Crippen molar-refractivity contribution in [2.24, 2.45) is 5.92 Å². The fraction of sp³-hybridized carbons (Fsp3) is 0.412. The molecule has 5 nitrogen and oxygen atoms in total. The van der Waals surface area contributed by atoms with Gasteiger partial charge in [-0.25, -0.2) is 4.98 Å². The third kappa shape index (κ3) is 3.04. The minimum atomic E-state index is -0.352. The van der Waals surface area contributed by atoms with Crippen LogP contribution in [0.1, 0.15) is 26.1 Å². The molecule has 1 aliphatic heterocycles. The van der Waals surface area contributed by atoms with Gasteiger partial charge in [-0.3, -0.25) is 4.79 Å². The van der Waals surface area contributed by atoms with Crippen LogP contribution in [0.25, 0.3) is 5.69 Å². The van der Waals surface area contributed by atoms with E-state index >= 15 is 0 Å². The van der Waals surface area contributed by atoms with Crippen LogP contribution in [0.3, 0.4) is 0 Å². The minimum Gasteiger partial charge on any atom is -0.365 e. The number of hydrogen-bond donors (Lipinski definition) is 1. The number of aromatic nitrogens is 2. The average Bonchev–Trinajstić information content (AvgIpc) is 3.12. The molecule has 1 N–H and O–H groups in total. The van der Waals surface area contributed by atoms with Crippen LogP contribution in [-0.2, 0) is 16.1 Å². The van der Waals surface area contributed by atoms with Crippen molar-refractivity contribution in [3.05, 3.63) is 48.5 Å². The van der Waals surface area contributed by atoms with Crippen molar-refractivity contribution >= 4 is 5.91 Å². The number of para-hydroxylation sites is 1. The molecule has 1 aliphatic rings. The Labute approximate surface area is 130 Å². The van der Waals surface area contributed by atoms with Crippen LogP contribution < -0.4 is 5.32 Å². The van der Waals surface area contributed by atoms with E-state index in [0.29, 0.717) is 6.54 Å². The van der Waals surface area contributed by atoms with Gasteiger partial charge in [0, 0.05) is 18.1 Å². The van der Waals surface area contributed by atoms with E-state index < -0.39 is 0 Å². The quantitative estimate of drug-likeness (QED) is 0.942. The molecule has 0 spiro atoms. The third-order valence-corrected chi connectivity index (χ3v) is 4.03. The number of benzene rings is 1. The molecule has 1 saturated heterocycles. The molecule has 3 rings (SSSR count). The van der Waals surface area contributed by atoms with Gasteiger partial charge in [0.25, 0.3) is 0 Å². The molecule has 0 saturated carbocycles. The zero-order valence-corrected chi connectivity index (χ0v) is 12.9. The van der Waals surface area contributed by atoms with Crippen molar-refractivity contribution in [1.82, 2.24) is 14.9 Å². The van der Waals surface area contributed by atoms with E-state index in [-0.39, 0.29) is 24.0 Å². The van der Waals surface area contributed by atoms with Gasteiger partial charge in [-0.2, -0.15) is 0 Å². The molecule has 0 bridgehead atoms. The number of carbonyl (C=O) groups excluding carboxylic acids is 1. The number of amides is 1. The lowest BCUT2D eigenvalue weighted by atomic mass is 10.0. The first kappa shape index (κ1) is 14.8. The summed E-state index contributed by atoms with van der Waals surface area (Å²) >= 11 is 0. The van der Waals surface area contributed by atoms with E-state index in [9.17, 15) is 4.79 Å². The van der Waals surface area contributed by atoms with E-state index in [1.54, 1.807) is 6.20 Å². The summed E-state index contributed by atoms with van der Waals surface area (Å²) in [7, 11) is 0. The highest BCUT2D eigenvalue weighted by atomic mass is 16.5. The van der Waals surface area contributed by atoms with Gasteiger partial charge >= 0.3 is 0 Å². The summed E-state index contributed by atoms with van der Waals surface area (Å²) in [5.74, 6) is 1.00. The van der Waals surface area contributed by atoms with Crippen LogP contribution in [0.2, 0.25) is 0 Å². The minimum absolute atomic E-state index is 0.0561. The van der Waals surface area contributed by atoms with Crippen molar-refractivity contribution in [3.8, 4) is 5.69 Å². The average molecular weight is 299 g/mol. The first-order chi connectivity index (χ1) is 10.6. The summed E-state index contributed by atoms with van der Waals surface area (Å²) in [4.78, 5) is 16.6. The fourth-order valence-electron chi connectivity index (χ4n) is 2.96. The molecule has 0 aliphatic carbocycles. The maximum absolute atomic E-state index is 12.3. The molecule has 2 heterocycles. The molecule has 0 radical (unpaired) electrons. The zero-order valence-electron chi connectivity index (χ0n) is 12.9. The predicted octanol–water partition coefficient (Wildman–Crippen LogP) is 2.30. The van der Waals surface area contributed by atoms with Gasteiger partial charge in [0.2, 0.25) is 5.91 Å². The number of carbonyl (C=O) groups is 1. The molecule has 22 heavy (non-hydrogen) atoms. The first-order valence-electron chi connectivity index (χ1n) is 7.66. The van der Waals surface area contributed by atoms with Crippen LogP contribution in [-0.4, -0.2) is 27.7 Å². The molecule has 1 amide bonds. The summed E-state index contributed by atoms with van der Waals surface area (Å²) in [6, 6.07) is 9.95. The van der Waals surface area contributed by atoms with E-state index in [4.69, 9.17) is 4.74 Å². The number of ether oxygens (including phenoxy) is 1. The largest absolute Gasteiger partial charge is 0.365 e. The van der Waals surface area contributed by atoms with Crippen LogP contribution in [0.5, 0.6) is 0 Å². The second-order valence-corrected chi connectivity index (χ2v) is 5.85. The Morgan fingerprint density at radius 1 is 1.36 bits per heavy atom. The molecule has 1 aromatic heterocycles. The van der Waals surface area contributed by atoms with Crippen LogP contribution in [0, 0.1) is 5.92 Å². The fourth-order valence-corrected chi connectivity index (χ4v) is 2.96. The van der Waals surface area contributed by atoms with Crippen LogP contribution in [0.15, 0.2) is 42.7 Å². The molecule has 1 fully saturated rings. The lowest BCUT2D eigenvalue weighted by Gasteiger charge is -2.15. The van der Waals surface area contributed by atoms with E-state index in [2.05, 4.69) is 17.2 Å². The number of imidazole rings is 1. The number of rotatable bonds is 4. The van der Waals surface area contributed by atoms with E-state index in [1.165, 1.54) is 0 Å². The number of nitrogens with zero attached hydrogens (tertiary/aromatic N) is 2. The second-order valence-electron chi connectivity index (χ2n) is 5.85. The van der Waals surface area contributed by atoms with Gasteiger partial charge in [0.15, 0.2) is 0 Å². The molecule has 116 valence electrons. The van der Waals surface area contributed by atoms with Gasteiger partial charge in [-0.05, 0) is 31.4 Å². The molecule has 1 aromatic carbocycles. The van der Waals surface area contributed by atoms with Gasteiger partial charge < -0.3 is 14.6 Å². The molecule has 5 heteroatoms. The SMILES string of the molecule is CC1CC(C)C(C(=O)NCc2nccn2-c2ccccc2)O1. The Hall–Kier alpha value is -2.14. The number of hydrogen-bond acceptors (Lipinski definition) is 3. The molecular formula is C17H21N3O2. The van der Waals surface area contributed by atoms with Gasteiger partial charge in [0.05, 0.1) is 12.6 Å². The van der Waals surface area contributed by atoms with Crippen LogP contribution in [0.4, 0.5) is 0 Å². The Morgan fingerprint density at radius 3 is 2.82 bits per heavy atom. The maximum atomic E-state index is 12.3. The number of nitrogens with one attached hydrogen (secondary N) is 1. The lowest BCUT2D eigenvalue weighted by molar-refractivity contribution is -0.133. The van der Waals surface area contributed by atoms with Crippen molar-refractivity contribution in [3.63, 3.8) is 0 Å². The first-order valence-corrected chi connectivity index (χ1v) is 7.66. The predicted molar refractivity (Wildman–Crippen MR) is 83.5 cm³/mol. The molecule has 3 atom stereocenters. The Bertz CT molecular complexity index is 638. The highest BCUT2D eigenvalue weighted by molar-refractivity contribution is 5.81. The van der Waals surface area contributed by atoms with Crippen molar-refractivity contribution in [1.29, 1.82) is 0 Å². The van der Waals surface area contributed by atoms with Crippen LogP contribution >= 0.6 is 0 Å². The Kier molecular flexibility index (Phi) is 4.24. The maximum Gasteiger partial charge on any atom is 0.249 e. The molecule has 3 unspecified atom stereocenters. The lowest BCUT2D eigenvalue weighted by Crippen LogP contribution is -2.37. The van der Waals surface area contributed by atoms with Gasteiger partial charge in [-0.15, -0.1) is 0 Å². The van der Waals surface area contributed by atoms with Crippen molar-refractivity contribution < 1.29 is 9.53 Å². The molecule has 2 aromatic rings. The summed E-state index contributed by atoms with van der Waals surface area (Å²) in [6.45, 7) is 4.45. The summed E-state index contributed by atoms with van der Waals surface area (Å²) in [5.41, 5.74) is 1.03. The molecular weight excluding hydrogens is 278 g/mol. The smallest absolute Gasteiger partial charge is 0.249 e. The topological polar surface area (TPSA) is 56.2 Å². The van der Waals surface area contributed by atoms with Gasteiger partial charge in [-0.1, -0.05) is 25.1 Å². The highest BCUT2D eigenvalue weighted by Crippen LogP contribution is 2.25. The zero-order chi connectivity index (χ0) is 15.5. The Balaban J connectivity index is 1.65. The summed E-state index contributed by atoms with van der Waals surface area (Å²) < 4.78 is 7.65. The van der Waals surface area contributed by atoms with Crippen molar-refractivity contribution in [2.45, 2.75) is 39.0 Å². The van der Waals surface area contributed by atoms with E-state index in [0.717, 1.165) is 17.9 Å². The van der Waals surface area contributed by atoms with Crippen molar-refractivity contribution in [2.75, 3.05) is 0 Å². The summed E-state index contributed by atoms with van der Waals surface area (Å²) in [6.07, 6.45) is 4.36. The monoisotopic (exact) mass is 299 g/mol.